The molecule has 0 atom stereocenters. The molecule has 0 aliphatic rings. The van der Waals surface area contributed by atoms with Crippen molar-refractivity contribution in [2.45, 2.75) is 26.2 Å². The zero-order valence-electron chi connectivity index (χ0n) is 7.52. The maximum atomic E-state index is 13.0. The standard InChI is InChI=1S/C10H11F3/c1-6(2)8-5-7(10(12)13)3-4-9(8)11/h3-6,10H,1-2H3. The molecule has 0 aromatic heterocycles. The van der Waals surface area contributed by atoms with Gasteiger partial charge in [0.2, 0.25) is 0 Å². The zero-order chi connectivity index (χ0) is 10.0. The minimum atomic E-state index is -2.53. The molecule has 0 amide bonds. The van der Waals surface area contributed by atoms with Crippen LogP contribution in [0.4, 0.5) is 13.2 Å². The van der Waals surface area contributed by atoms with Crippen molar-refractivity contribution in [1.29, 1.82) is 0 Å². The van der Waals surface area contributed by atoms with Crippen LogP contribution in [0.3, 0.4) is 0 Å². The average molecular weight is 188 g/mol. The summed E-state index contributed by atoms with van der Waals surface area (Å²) < 4.78 is 37.5. The van der Waals surface area contributed by atoms with Crippen LogP contribution in [0.15, 0.2) is 18.2 Å². The Hall–Kier alpha value is -0.990. The van der Waals surface area contributed by atoms with Crippen molar-refractivity contribution in [2.75, 3.05) is 0 Å². The maximum absolute atomic E-state index is 13.0. The van der Waals surface area contributed by atoms with E-state index in [0.29, 0.717) is 5.56 Å². The molecule has 1 rings (SSSR count). The zero-order valence-corrected chi connectivity index (χ0v) is 7.52. The lowest BCUT2D eigenvalue weighted by atomic mass is 10.0. The molecule has 0 bridgehead atoms. The van der Waals surface area contributed by atoms with Gasteiger partial charge in [-0.25, -0.2) is 13.2 Å². The fourth-order valence-corrected chi connectivity index (χ4v) is 1.14. The average Bonchev–Trinajstić information content (AvgIpc) is 2.04. The van der Waals surface area contributed by atoms with Crippen molar-refractivity contribution < 1.29 is 13.2 Å². The molecule has 1 aromatic carbocycles. The predicted octanol–water partition coefficient (Wildman–Crippen LogP) is 3.89. The highest BCUT2D eigenvalue weighted by Gasteiger charge is 2.12. The minimum Gasteiger partial charge on any atom is -0.207 e. The Bertz CT molecular complexity index is 292. The molecule has 72 valence electrons. The van der Waals surface area contributed by atoms with Crippen LogP contribution in [-0.4, -0.2) is 0 Å². The van der Waals surface area contributed by atoms with E-state index in [1.807, 2.05) is 0 Å². The van der Waals surface area contributed by atoms with Crippen LogP contribution in [0, 0.1) is 5.82 Å². The Morgan fingerprint density at radius 2 is 1.77 bits per heavy atom. The van der Waals surface area contributed by atoms with E-state index in [-0.39, 0.29) is 11.5 Å². The number of benzene rings is 1. The summed E-state index contributed by atoms with van der Waals surface area (Å²) in [4.78, 5) is 0. The van der Waals surface area contributed by atoms with Gasteiger partial charge in [-0.3, -0.25) is 0 Å². The van der Waals surface area contributed by atoms with Gasteiger partial charge >= 0.3 is 0 Å². The van der Waals surface area contributed by atoms with Crippen LogP contribution in [0.1, 0.15) is 37.3 Å². The Balaban J connectivity index is 3.11. The summed E-state index contributed by atoms with van der Waals surface area (Å²) >= 11 is 0. The monoisotopic (exact) mass is 188 g/mol. The second-order valence-electron chi connectivity index (χ2n) is 3.24. The van der Waals surface area contributed by atoms with Gasteiger partial charge in [0.1, 0.15) is 5.82 Å². The van der Waals surface area contributed by atoms with Crippen molar-refractivity contribution >= 4 is 0 Å². The van der Waals surface area contributed by atoms with Gasteiger partial charge in [0, 0.05) is 5.56 Å². The summed E-state index contributed by atoms with van der Waals surface area (Å²) in [5.74, 6) is -0.488. The van der Waals surface area contributed by atoms with Gasteiger partial charge in [0.05, 0.1) is 0 Å². The summed E-state index contributed by atoms with van der Waals surface area (Å²) in [6.07, 6.45) is -2.53. The van der Waals surface area contributed by atoms with E-state index in [0.717, 1.165) is 12.1 Å². The molecule has 3 heteroatoms. The summed E-state index contributed by atoms with van der Waals surface area (Å²) in [6.45, 7) is 3.54. The molecule has 0 radical (unpaired) electrons. The summed E-state index contributed by atoms with van der Waals surface area (Å²) in [5, 5.41) is 0. The SMILES string of the molecule is CC(C)c1cc(C(F)F)ccc1F. The summed E-state index contributed by atoms with van der Waals surface area (Å²) in [7, 11) is 0. The molecule has 0 saturated heterocycles. The van der Waals surface area contributed by atoms with E-state index in [4.69, 9.17) is 0 Å². The van der Waals surface area contributed by atoms with Gasteiger partial charge in [0.25, 0.3) is 6.43 Å². The van der Waals surface area contributed by atoms with Crippen molar-refractivity contribution in [2.24, 2.45) is 0 Å². The second-order valence-corrected chi connectivity index (χ2v) is 3.24. The first kappa shape index (κ1) is 10.1. The number of hydrogen-bond donors (Lipinski definition) is 0. The highest BCUT2D eigenvalue weighted by Crippen LogP contribution is 2.25. The van der Waals surface area contributed by atoms with Crippen LogP contribution in [0.25, 0.3) is 0 Å². The largest absolute Gasteiger partial charge is 0.263 e. The third-order valence-corrected chi connectivity index (χ3v) is 1.89. The number of halogens is 3. The lowest BCUT2D eigenvalue weighted by molar-refractivity contribution is 0.151. The van der Waals surface area contributed by atoms with E-state index in [1.165, 1.54) is 6.07 Å². The third-order valence-electron chi connectivity index (χ3n) is 1.89. The van der Waals surface area contributed by atoms with Gasteiger partial charge in [-0.05, 0) is 23.6 Å². The first-order valence-electron chi connectivity index (χ1n) is 4.10. The van der Waals surface area contributed by atoms with Gasteiger partial charge < -0.3 is 0 Å². The highest BCUT2D eigenvalue weighted by atomic mass is 19.3. The van der Waals surface area contributed by atoms with E-state index in [9.17, 15) is 13.2 Å². The third kappa shape index (κ3) is 2.23. The van der Waals surface area contributed by atoms with Crippen LogP contribution in [0.2, 0.25) is 0 Å². The first-order valence-corrected chi connectivity index (χ1v) is 4.10. The smallest absolute Gasteiger partial charge is 0.207 e. The van der Waals surface area contributed by atoms with Crippen LogP contribution in [-0.2, 0) is 0 Å². The predicted molar refractivity (Wildman–Crippen MR) is 45.4 cm³/mol. The van der Waals surface area contributed by atoms with Crippen LogP contribution < -0.4 is 0 Å². The molecule has 13 heavy (non-hydrogen) atoms. The molecule has 0 saturated carbocycles. The summed E-state index contributed by atoms with van der Waals surface area (Å²) in [5.41, 5.74) is 0.225. The molecule has 0 aliphatic carbocycles. The lowest BCUT2D eigenvalue weighted by Gasteiger charge is -2.08. The Labute approximate surface area is 75.4 Å². The van der Waals surface area contributed by atoms with Crippen molar-refractivity contribution in [3.05, 3.63) is 35.1 Å². The van der Waals surface area contributed by atoms with Crippen molar-refractivity contribution in [3.8, 4) is 0 Å². The van der Waals surface area contributed by atoms with Crippen LogP contribution in [0.5, 0.6) is 0 Å². The Kier molecular flexibility index (Phi) is 2.96. The normalized spacial score (nSPS) is 11.3. The molecule has 0 nitrogen and oxygen atoms in total. The van der Waals surface area contributed by atoms with Gasteiger partial charge in [-0.15, -0.1) is 0 Å². The fraction of sp³-hybridized carbons (Fsp3) is 0.400. The molecule has 0 heterocycles. The molecule has 0 aliphatic heterocycles. The first-order chi connectivity index (χ1) is 6.02. The number of hydrogen-bond acceptors (Lipinski definition) is 0. The van der Waals surface area contributed by atoms with E-state index in [1.54, 1.807) is 13.8 Å². The van der Waals surface area contributed by atoms with Gasteiger partial charge in [-0.2, -0.15) is 0 Å². The molecular weight excluding hydrogens is 177 g/mol. The second kappa shape index (κ2) is 3.81. The topological polar surface area (TPSA) is 0 Å². The van der Waals surface area contributed by atoms with Crippen molar-refractivity contribution in [3.63, 3.8) is 0 Å². The molecule has 0 spiro atoms. The van der Waals surface area contributed by atoms with Crippen molar-refractivity contribution in [1.82, 2.24) is 0 Å². The van der Waals surface area contributed by atoms with Gasteiger partial charge in [0.15, 0.2) is 0 Å². The minimum absolute atomic E-state index is 0.0706. The molecule has 1 aromatic rings. The fourth-order valence-electron chi connectivity index (χ4n) is 1.14. The Morgan fingerprint density at radius 3 is 2.23 bits per heavy atom. The van der Waals surface area contributed by atoms with Gasteiger partial charge in [-0.1, -0.05) is 19.9 Å². The summed E-state index contributed by atoms with van der Waals surface area (Å²) in [6, 6.07) is 3.44. The van der Waals surface area contributed by atoms with Crippen LogP contribution >= 0.6 is 0 Å². The lowest BCUT2D eigenvalue weighted by Crippen LogP contribution is -1.95. The van der Waals surface area contributed by atoms with E-state index >= 15 is 0 Å². The molecule has 0 N–H and O–H groups in total. The Morgan fingerprint density at radius 1 is 1.15 bits per heavy atom. The molecular formula is C10H11F3. The maximum Gasteiger partial charge on any atom is 0.263 e. The number of alkyl halides is 2. The van der Waals surface area contributed by atoms with E-state index < -0.39 is 12.2 Å². The quantitative estimate of drug-likeness (QED) is 0.660. The molecule has 0 fully saturated rings. The molecule has 0 unspecified atom stereocenters. The van der Waals surface area contributed by atoms with E-state index in [2.05, 4.69) is 0 Å². The number of rotatable bonds is 2. The highest BCUT2D eigenvalue weighted by molar-refractivity contribution is 5.27.